The highest BCUT2D eigenvalue weighted by molar-refractivity contribution is 6.30. The Labute approximate surface area is 171 Å². The van der Waals surface area contributed by atoms with E-state index >= 15 is 0 Å². The highest BCUT2D eigenvalue weighted by atomic mass is 16.7. The van der Waals surface area contributed by atoms with Crippen LogP contribution < -0.4 is 14.8 Å². The summed E-state index contributed by atoms with van der Waals surface area (Å²) in [5.74, 6) is 0.358. The monoisotopic (exact) mass is 397 g/mol. The zero-order valence-corrected chi connectivity index (χ0v) is 15.7. The summed E-state index contributed by atoms with van der Waals surface area (Å²) < 4.78 is 10.6. The summed E-state index contributed by atoms with van der Waals surface area (Å²) in [6, 6.07) is 16.9. The van der Waals surface area contributed by atoms with Crippen LogP contribution in [0, 0.1) is 0 Å². The molecule has 0 radical (unpaired) electrons. The van der Waals surface area contributed by atoms with Crippen LogP contribution in [-0.4, -0.2) is 24.3 Å². The van der Waals surface area contributed by atoms with E-state index in [4.69, 9.17) is 9.47 Å². The van der Waals surface area contributed by atoms with Crippen LogP contribution in [0.15, 0.2) is 66.7 Å². The summed E-state index contributed by atoms with van der Waals surface area (Å²) in [5, 5.41) is 2.72. The Hall–Kier alpha value is -4.19. The molecule has 5 rings (SSSR count). The van der Waals surface area contributed by atoms with E-state index in [9.17, 15) is 14.4 Å². The average molecular weight is 397 g/mol. The van der Waals surface area contributed by atoms with Gasteiger partial charge in [0.05, 0.1) is 11.3 Å². The fourth-order valence-electron chi connectivity index (χ4n) is 3.61. The van der Waals surface area contributed by atoms with Gasteiger partial charge in [0.1, 0.15) is 0 Å². The van der Waals surface area contributed by atoms with E-state index in [1.54, 1.807) is 66.7 Å². The minimum Gasteiger partial charge on any atom is -0.454 e. The number of hydrogen-bond acceptors (Lipinski definition) is 5. The molecule has 0 bridgehead atoms. The molecule has 30 heavy (non-hydrogen) atoms. The van der Waals surface area contributed by atoms with Crippen molar-refractivity contribution in [2.45, 2.75) is 0 Å². The van der Waals surface area contributed by atoms with Gasteiger partial charge in [0.25, 0.3) is 0 Å². The number of carbonyl (C=O) groups is 3. The molecule has 1 heterocycles. The van der Waals surface area contributed by atoms with Gasteiger partial charge in [-0.15, -0.1) is 0 Å². The number of hydrogen-bond donors (Lipinski definition) is 1. The molecule has 3 aromatic rings. The van der Waals surface area contributed by atoms with Gasteiger partial charge in [-0.3, -0.25) is 14.4 Å². The summed E-state index contributed by atoms with van der Waals surface area (Å²) in [7, 11) is 0. The first-order chi connectivity index (χ1) is 14.6. The van der Waals surface area contributed by atoms with Gasteiger partial charge < -0.3 is 14.8 Å². The number of amides is 1. The second-order valence-corrected chi connectivity index (χ2v) is 6.87. The van der Waals surface area contributed by atoms with Crippen LogP contribution in [0.1, 0.15) is 37.4 Å². The van der Waals surface area contributed by atoms with E-state index in [2.05, 4.69) is 5.32 Å². The molecule has 1 N–H and O–H groups in total. The van der Waals surface area contributed by atoms with Crippen molar-refractivity contribution in [2.24, 2.45) is 0 Å². The molecule has 0 fully saturated rings. The quantitative estimate of drug-likeness (QED) is 0.531. The van der Waals surface area contributed by atoms with Crippen molar-refractivity contribution in [3.05, 3.63) is 94.6 Å². The van der Waals surface area contributed by atoms with Gasteiger partial charge in [0.2, 0.25) is 12.7 Å². The Kier molecular flexibility index (Phi) is 4.17. The molecule has 0 atom stereocenters. The van der Waals surface area contributed by atoms with Crippen LogP contribution in [0.5, 0.6) is 11.5 Å². The van der Waals surface area contributed by atoms with Crippen LogP contribution in [-0.2, 0) is 4.79 Å². The molecule has 0 spiro atoms. The number of carbonyl (C=O) groups excluding carboxylic acids is 3. The Balaban J connectivity index is 1.41. The van der Waals surface area contributed by atoms with Gasteiger partial charge >= 0.3 is 0 Å². The average Bonchev–Trinajstić information content (AvgIpc) is 3.24. The number of rotatable bonds is 3. The standard InChI is InChI=1S/C24H15NO5/c26-21(11-9-14-8-10-19-20(12-14)30-13-29-19)25-18-7-3-6-17-22(18)24(28)16-5-2-1-4-15(16)23(17)27/h1-12H,13H2,(H,25,26). The first-order valence-electron chi connectivity index (χ1n) is 9.32. The zero-order chi connectivity index (χ0) is 20.7. The van der Waals surface area contributed by atoms with Crippen molar-refractivity contribution < 1.29 is 23.9 Å². The molecule has 2 aliphatic rings. The minimum atomic E-state index is -0.417. The lowest BCUT2D eigenvalue weighted by Crippen LogP contribution is -2.23. The zero-order valence-electron chi connectivity index (χ0n) is 15.7. The van der Waals surface area contributed by atoms with Crippen molar-refractivity contribution in [2.75, 3.05) is 12.1 Å². The molecule has 6 heteroatoms. The molecule has 1 amide bonds. The predicted molar refractivity (Wildman–Crippen MR) is 110 cm³/mol. The van der Waals surface area contributed by atoms with Gasteiger partial charge in [0, 0.05) is 22.8 Å². The van der Waals surface area contributed by atoms with Crippen molar-refractivity contribution in [1.82, 2.24) is 0 Å². The third-order valence-corrected chi connectivity index (χ3v) is 5.03. The summed E-state index contributed by atoms with van der Waals surface area (Å²) in [6.45, 7) is 0.179. The van der Waals surface area contributed by atoms with Crippen molar-refractivity contribution in [1.29, 1.82) is 0 Å². The highest BCUT2D eigenvalue weighted by Crippen LogP contribution is 2.33. The smallest absolute Gasteiger partial charge is 0.248 e. The van der Waals surface area contributed by atoms with Crippen LogP contribution >= 0.6 is 0 Å². The number of anilines is 1. The molecule has 3 aromatic carbocycles. The maximum Gasteiger partial charge on any atom is 0.248 e. The van der Waals surface area contributed by atoms with E-state index in [1.165, 1.54) is 6.08 Å². The number of ether oxygens (including phenoxy) is 2. The summed E-state index contributed by atoms with van der Waals surface area (Å²) in [5.41, 5.74) is 2.29. The number of benzene rings is 3. The predicted octanol–water partition coefficient (Wildman–Crippen LogP) is 3.84. The van der Waals surface area contributed by atoms with E-state index in [0.717, 1.165) is 5.56 Å². The lowest BCUT2D eigenvalue weighted by atomic mass is 9.83. The van der Waals surface area contributed by atoms with Crippen LogP contribution in [0.25, 0.3) is 6.08 Å². The van der Waals surface area contributed by atoms with Gasteiger partial charge in [-0.05, 0) is 29.8 Å². The van der Waals surface area contributed by atoms with E-state index in [0.29, 0.717) is 28.3 Å². The van der Waals surface area contributed by atoms with Crippen LogP contribution in [0.2, 0.25) is 0 Å². The van der Waals surface area contributed by atoms with E-state index in [1.807, 2.05) is 0 Å². The maximum atomic E-state index is 13.0. The highest BCUT2D eigenvalue weighted by Gasteiger charge is 2.31. The van der Waals surface area contributed by atoms with Crippen LogP contribution in [0.4, 0.5) is 5.69 Å². The summed E-state index contributed by atoms with van der Waals surface area (Å²) in [4.78, 5) is 38.3. The molecule has 0 saturated heterocycles. The largest absolute Gasteiger partial charge is 0.454 e. The number of fused-ring (bicyclic) bond motifs is 3. The molecular weight excluding hydrogens is 382 g/mol. The summed E-state index contributed by atoms with van der Waals surface area (Å²) >= 11 is 0. The minimum absolute atomic E-state index is 0.179. The molecular formula is C24H15NO5. The third kappa shape index (κ3) is 2.95. The normalized spacial score (nSPS) is 13.9. The third-order valence-electron chi connectivity index (χ3n) is 5.03. The lowest BCUT2D eigenvalue weighted by Gasteiger charge is -2.20. The topological polar surface area (TPSA) is 81.7 Å². The lowest BCUT2D eigenvalue weighted by molar-refractivity contribution is -0.111. The molecule has 0 saturated carbocycles. The Morgan fingerprint density at radius 2 is 1.57 bits per heavy atom. The SMILES string of the molecule is O=C(C=Cc1ccc2c(c1)OCO2)Nc1cccc2c1C(=O)c1ccccc1C2=O. The number of nitrogens with one attached hydrogen (secondary N) is 1. The van der Waals surface area contributed by atoms with Gasteiger partial charge in [-0.25, -0.2) is 0 Å². The fourth-order valence-corrected chi connectivity index (χ4v) is 3.61. The maximum absolute atomic E-state index is 13.0. The molecule has 0 unspecified atom stereocenters. The molecule has 1 aliphatic heterocycles. The Morgan fingerprint density at radius 1 is 0.833 bits per heavy atom. The second-order valence-electron chi connectivity index (χ2n) is 6.87. The Bertz CT molecular complexity index is 1260. The first kappa shape index (κ1) is 17.9. The molecule has 0 aromatic heterocycles. The second kappa shape index (κ2) is 7.00. The van der Waals surface area contributed by atoms with Gasteiger partial charge in [-0.2, -0.15) is 0 Å². The van der Waals surface area contributed by atoms with E-state index in [-0.39, 0.29) is 29.5 Å². The van der Waals surface area contributed by atoms with E-state index < -0.39 is 5.91 Å². The van der Waals surface area contributed by atoms with Crippen molar-refractivity contribution in [3.63, 3.8) is 0 Å². The summed E-state index contributed by atoms with van der Waals surface area (Å²) in [6.07, 6.45) is 2.99. The van der Waals surface area contributed by atoms with Gasteiger partial charge in [-0.1, -0.05) is 42.5 Å². The molecule has 146 valence electrons. The molecule has 1 aliphatic carbocycles. The van der Waals surface area contributed by atoms with Crippen molar-refractivity contribution >= 4 is 29.2 Å². The van der Waals surface area contributed by atoms with Crippen molar-refractivity contribution in [3.8, 4) is 11.5 Å². The van der Waals surface area contributed by atoms with Crippen LogP contribution in [0.3, 0.4) is 0 Å². The molecule has 6 nitrogen and oxygen atoms in total. The first-order valence-corrected chi connectivity index (χ1v) is 9.32. The number of ketones is 2. The van der Waals surface area contributed by atoms with Gasteiger partial charge in [0.15, 0.2) is 23.1 Å². The fraction of sp³-hybridized carbons (Fsp3) is 0.0417. The Morgan fingerprint density at radius 3 is 2.40 bits per heavy atom.